The number of hydrogen-bond donors (Lipinski definition) is 0. The summed E-state index contributed by atoms with van der Waals surface area (Å²) >= 11 is 0. The van der Waals surface area contributed by atoms with E-state index in [9.17, 15) is 4.79 Å². The summed E-state index contributed by atoms with van der Waals surface area (Å²) in [5.74, 6) is 2.39. The van der Waals surface area contributed by atoms with E-state index in [-0.39, 0.29) is 5.91 Å². The highest BCUT2D eigenvalue weighted by atomic mass is 16.2. The van der Waals surface area contributed by atoms with E-state index in [4.69, 9.17) is 0 Å². The van der Waals surface area contributed by atoms with Crippen LogP contribution < -0.4 is 4.90 Å². The molecule has 1 aliphatic heterocycles. The number of pyridine rings is 1. The first kappa shape index (κ1) is 16.5. The lowest BCUT2D eigenvalue weighted by Crippen LogP contribution is -2.40. The van der Waals surface area contributed by atoms with Crippen LogP contribution in [0.25, 0.3) is 0 Å². The Balaban J connectivity index is 1.69. The number of hydrogen-bond acceptors (Lipinski definition) is 4. The SMILES string of the molecule is Cc1nccn1CC(=O)N1CCC[C@@H](c2ccnc(N(C)C)c2)C1. The molecule has 2 aromatic rings. The van der Waals surface area contributed by atoms with E-state index in [1.165, 1.54) is 5.56 Å². The van der Waals surface area contributed by atoms with Crippen molar-refractivity contribution in [1.29, 1.82) is 0 Å². The molecule has 1 atom stereocenters. The average molecular weight is 327 g/mol. The van der Waals surface area contributed by atoms with Gasteiger partial charge in [0.2, 0.25) is 5.91 Å². The average Bonchev–Trinajstić information content (AvgIpc) is 3.00. The highest BCUT2D eigenvalue weighted by Crippen LogP contribution is 2.28. The number of aryl methyl sites for hydroxylation is 1. The van der Waals surface area contributed by atoms with Gasteiger partial charge in [-0.2, -0.15) is 0 Å². The minimum Gasteiger partial charge on any atom is -0.363 e. The number of nitrogens with zero attached hydrogens (tertiary/aromatic N) is 5. The molecule has 0 aromatic carbocycles. The van der Waals surface area contributed by atoms with Crippen molar-refractivity contribution in [3.8, 4) is 0 Å². The van der Waals surface area contributed by atoms with E-state index in [1.807, 2.05) is 47.8 Å². The summed E-state index contributed by atoms with van der Waals surface area (Å²) < 4.78 is 1.91. The van der Waals surface area contributed by atoms with Crippen LogP contribution in [0.2, 0.25) is 0 Å². The van der Waals surface area contributed by atoms with Crippen LogP contribution in [0.3, 0.4) is 0 Å². The number of likely N-dealkylation sites (tertiary alicyclic amines) is 1. The summed E-state index contributed by atoms with van der Waals surface area (Å²) in [6.07, 6.45) is 7.62. The molecule has 0 unspecified atom stereocenters. The van der Waals surface area contributed by atoms with Crippen LogP contribution in [0, 0.1) is 6.92 Å². The standard InChI is InChI=1S/C18H25N5O/c1-14-19-8-10-22(14)13-18(24)23-9-4-5-16(12-23)15-6-7-20-17(11-15)21(2)3/h6-8,10-11,16H,4-5,9,12-13H2,1-3H3/t16-/m1/s1. The Labute approximate surface area is 143 Å². The van der Waals surface area contributed by atoms with Crippen molar-refractivity contribution in [2.24, 2.45) is 0 Å². The molecule has 3 rings (SSSR count). The van der Waals surface area contributed by atoms with Gasteiger partial charge in [-0.3, -0.25) is 4.79 Å². The van der Waals surface area contributed by atoms with Crippen LogP contribution in [0.5, 0.6) is 0 Å². The topological polar surface area (TPSA) is 54.3 Å². The van der Waals surface area contributed by atoms with Crippen molar-refractivity contribution in [2.45, 2.75) is 32.2 Å². The molecule has 0 saturated carbocycles. The molecule has 6 nitrogen and oxygen atoms in total. The van der Waals surface area contributed by atoms with Crippen LogP contribution in [0.4, 0.5) is 5.82 Å². The lowest BCUT2D eigenvalue weighted by Gasteiger charge is -2.33. The molecule has 1 amide bonds. The molecule has 0 spiro atoms. The van der Waals surface area contributed by atoms with Gasteiger partial charge in [-0.25, -0.2) is 9.97 Å². The molecule has 2 aromatic heterocycles. The maximum Gasteiger partial charge on any atom is 0.242 e. The van der Waals surface area contributed by atoms with Crippen molar-refractivity contribution >= 4 is 11.7 Å². The van der Waals surface area contributed by atoms with Gasteiger partial charge < -0.3 is 14.4 Å². The zero-order valence-corrected chi connectivity index (χ0v) is 14.6. The molecule has 1 fully saturated rings. The largest absolute Gasteiger partial charge is 0.363 e. The second kappa shape index (κ2) is 7.03. The minimum absolute atomic E-state index is 0.169. The molecule has 128 valence electrons. The Bertz CT molecular complexity index is 709. The van der Waals surface area contributed by atoms with Gasteiger partial charge in [0, 0.05) is 51.7 Å². The Kier molecular flexibility index (Phi) is 4.83. The summed E-state index contributed by atoms with van der Waals surface area (Å²) in [4.78, 5) is 25.2. The lowest BCUT2D eigenvalue weighted by atomic mass is 9.91. The first-order valence-corrected chi connectivity index (χ1v) is 8.43. The van der Waals surface area contributed by atoms with E-state index >= 15 is 0 Å². The van der Waals surface area contributed by atoms with E-state index in [0.29, 0.717) is 12.5 Å². The fraction of sp³-hybridized carbons (Fsp3) is 0.500. The first-order chi connectivity index (χ1) is 11.5. The zero-order chi connectivity index (χ0) is 17.1. The van der Waals surface area contributed by atoms with Crippen molar-refractivity contribution < 1.29 is 4.79 Å². The van der Waals surface area contributed by atoms with E-state index in [1.54, 1.807) is 6.20 Å². The van der Waals surface area contributed by atoms with Gasteiger partial charge in [0.1, 0.15) is 18.2 Å². The van der Waals surface area contributed by atoms with Crippen LogP contribution in [0.15, 0.2) is 30.7 Å². The van der Waals surface area contributed by atoms with Crippen molar-refractivity contribution in [2.75, 3.05) is 32.1 Å². The Morgan fingerprint density at radius 3 is 2.88 bits per heavy atom. The van der Waals surface area contributed by atoms with Gasteiger partial charge in [-0.15, -0.1) is 0 Å². The number of piperidine rings is 1. The van der Waals surface area contributed by atoms with Gasteiger partial charge in [-0.1, -0.05) is 0 Å². The summed E-state index contributed by atoms with van der Waals surface area (Å²) in [6, 6.07) is 4.21. The molecule has 1 aliphatic rings. The first-order valence-electron chi connectivity index (χ1n) is 8.43. The zero-order valence-electron chi connectivity index (χ0n) is 14.6. The number of amides is 1. The monoisotopic (exact) mass is 327 g/mol. The van der Waals surface area contributed by atoms with Crippen LogP contribution >= 0.6 is 0 Å². The Morgan fingerprint density at radius 2 is 2.17 bits per heavy atom. The number of carbonyl (C=O) groups excluding carboxylic acids is 1. The molecule has 24 heavy (non-hydrogen) atoms. The quantitative estimate of drug-likeness (QED) is 0.862. The third-order valence-electron chi connectivity index (χ3n) is 4.70. The highest BCUT2D eigenvalue weighted by Gasteiger charge is 2.25. The Hall–Kier alpha value is -2.37. The van der Waals surface area contributed by atoms with Crippen molar-refractivity contribution in [3.05, 3.63) is 42.1 Å². The summed E-state index contributed by atoms with van der Waals surface area (Å²) in [5.41, 5.74) is 1.27. The van der Waals surface area contributed by atoms with Crippen molar-refractivity contribution in [1.82, 2.24) is 19.4 Å². The number of aromatic nitrogens is 3. The van der Waals surface area contributed by atoms with Gasteiger partial charge in [0.05, 0.1) is 0 Å². The molecular formula is C18H25N5O. The number of anilines is 1. The maximum absolute atomic E-state index is 12.6. The molecule has 6 heteroatoms. The summed E-state index contributed by atoms with van der Waals surface area (Å²) in [6.45, 7) is 3.92. The molecule has 3 heterocycles. The van der Waals surface area contributed by atoms with E-state index in [2.05, 4.69) is 22.1 Å². The van der Waals surface area contributed by atoms with Crippen LogP contribution in [-0.2, 0) is 11.3 Å². The minimum atomic E-state index is 0.169. The van der Waals surface area contributed by atoms with Gasteiger partial charge >= 0.3 is 0 Å². The summed E-state index contributed by atoms with van der Waals surface area (Å²) in [5, 5.41) is 0. The maximum atomic E-state index is 12.6. The second-order valence-corrected chi connectivity index (χ2v) is 6.62. The van der Waals surface area contributed by atoms with Gasteiger partial charge in [0.25, 0.3) is 0 Å². The molecule has 0 N–H and O–H groups in total. The number of carbonyl (C=O) groups is 1. The fourth-order valence-corrected chi connectivity index (χ4v) is 3.22. The fourth-order valence-electron chi connectivity index (χ4n) is 3.22. The summed E-state index contributed by atoms with van der Waals surface area (Å²) in [7, 11) is 3.99. The molecule has 0 aliphatic carbocycles. The highest BCUT2D eigenvalue weighted by molar-refractivity contribution is 5.76. The normalized spacial score (nSPS) is 17.8. The molecular weight excluding hydrogens is 302 g/mol. The van der Waals surface area contributed by atoms with E-state index < -0.39 is 0 Å². The number of rotatable bonds is 4. The number of imidazole rings is 1. The van der Waals surface area contributed by atoms with Crippen LogP contribution in [0.1, 0.15) is 30.1 Å². The lowest BCUT2D eigenvalue weighted by molar-refractivity contribution is -0.133. The predicted octanol–water partition coefficient (Wildman–Crippen LogP) is 2.06. The predicted molar refractivity (Wildman–Crippen MR) is 94.1 cm³/mol. The molecule has 0 bridgehead atoms. The second-order valence-electron chi connectivity index (χ2n) is 6.62. The molecule has 1 saturated heterocycles. The third-order valence-corrected chi connectivity index (χ3v) is 4.70. The smallest absolute Gasteiger partial charge is 0.242 e. The molecule has 0 radical (unpaired) electrons. The van der Waals surface area contributed by atoms with Gasteiger partial charge in [0.15, 0.2) is 0 Å². The Morgan fingerprint density at radius 1 is 1.33 bits per heavy atom. The van der Waals surface area contributed by atoms with E-state index in [0.717, 1.165) is 37.6 Å². The van der Waals surface area contributed by atoms with Crippen molar-refractivity contribution in [3.63, 3.8) is 0 Å². The van der Waals surface area contributed by atoms with Crippen LogP contribution in [-0.4, -0.2) is 52.5 Å². The van der Waals surface area contributed by atoms with Gasteiger partial charge in [-0.05, 0) is 37.5 Å². The third kappa shape index (κ3) is 3.58.